The summed E-state index contributed by atoms with van der Waals surface area (Å²) in [7, 11) is 0. The van der Waals surface area contributed by atoms with Gasteiger partial charge in [0.1, 0.15) is 0 Å². The van der Waals surface area contributed by atoms with E-state index in [0.29, 0.717) is 25.7 Å². The second-order valence-electron chi connectivity index (χ2n) is 5.20. The first-order chi connectivity index (χ1) is 10.7. The average molecular weight is 303 g/mol. The number of nitrogen functional groups attached to an aromatic ring is 1. The molecular weight excluding hydrogens is 282 g/mol. The van der Waals surface area contributed by atoms with E-state index >= 15 is 0 Å². The molecule has 0 aliphatic rings. The van der Waals surface area contributed by atoms with Crippen molar-refractivity contribution in [2.45, 2.75) is 33.4 Å². The minimum Gasteiger partial charge on any atom is -0.382 e. The van der Waals surface area contributed by atoms with Gasteiger partial charge in [0.2, 0.25) is 5.95 Å². The van der Waals surface area contributed by atoms with E-state index in [1.165, 1.54) is 0 Å². The van der Waals surface area contributed by atoms with E-state index in [1.807, 2.05) is 30.5 Å². The molecule has 2 heterocycles. The quantitative estimate of drug-likeness (QED) is 0.678. The van der Waals surface area contributed by atoms with Gasteiger partial charge in [-0.25, -0.2) is 9.78 Å². The van der Waals surface area contributed by atoms with Crippen molar-refractivity contribution in [3.05, 3.63) is 22.6 Å². The van der Waals surface area contributed by atoms with Crippen molar-refractivity contribution in [3.63, 3.8) is 0 Å². The van der Waals surface area contributed by atoms with E-state index < -0.39 is 0 Å². The molecule has 0 bridgehead atoms. The fourth-order valence-corrected chi connectivity index (χ4v) is 2.81. The molecule has 3 rings (SSSR count). The number of anilines is 1. The number of fused-ring (bicyclic) bond motifs is 2. The summed E-state index contributed by atoms with van der Waals surface area (Å²) in [6, 6.07) is 3.86. The van der Waals surface area contributed by atoms with Crippen LogP contribution in [-0.2, 0) is 17.8 Å². The standard InChI is InChI=1S/C15H21N5O2/c1-3-19-12-9-13-10(8-11(12)18-15(19)21)17-14(16)20(13)6-5-7-22-4-2/h8-9H,3-7H2,1-2H3,(H2,16,17)(H,18,21). The molecule has 3 N–H and O–H groups in total. The number of hydrogen-bond donors (Lipinski definition) is 2. The molecule has 22 heavy (non-hydrogen) atoms. The van der Waals surface area contributed by atoms with Gasteiger partial charge in [-0.3, -0.25) is 4.57 Å². The van der Waals surface area contributed by atoms with Gasteiger partial charge in [-0.15, -0.1) is 0 Å². The molecule has 2 aromatic heterocycles. The number of nitrogens with one attached hydrogen (secondary N) is 1. The van der Waals surface area contributed by atoms with Crippen LogP contribution in [0.4, 0.5) is 5.95 Å². The van der Waals surface area contributed by atoms with Crippen LogP contribution in [-0.4, -0.2) is 32.3 Å². The summed E-state index contributed by atoms with van der Waals surface area (Å²) in [5, 5.41) is 0. The highest BCUT2D eigenvalue weighted by molar-refractivity contribution is 5.92. The van der Waals surface area contributed by atoms with Gasteiger partial charge in [-0.1, -0.05) is 0 Å². The van der Waals surface area contributed by atoms with Crippen LogP contribution in [0.25, 0.3) is 22.1 Å². The molecule has 0 atom stereocenters. The van der Waals surface area contributed by atoms with Crippen molar-refractivity contribution < 1.29 is 4.74 Å². The van der Waals surface area contributed by atoms with E-state index in [2.05, 4.69) is 9.97 Å². The minimum atomic E-state index is -0.0963. The third-order valence-electron chi connectivity index (χ3n) is 3.86. The molecular formula is C15H21N5O2. The zero-order valence-electron chi connectivity index (χ0n) is 12.9. The van der Waals surface area contributed by atoms with Crippen molar-refractivity contribution >= 4 is 28.0 Å². The van der Waals surface area contributed by atoms with Gasteiger partial charge in [-0.2, -0.15) is 0 Å². The first-order valence-corrected chi connectivity index (χ1v) is 7.61. The smallest absolute Gasteiger partial charge is 0.326 e. The molecule has 0 saturated heterocycles. The van der Waals surface area contributed by atoms with Gasteiger partial charge in [-0.05, 0) is 32.4 Å². The van der Waals surface area contributed by atoms with Crippen molar-refractivity contribution in [1.29, 1.82) is 0 Å². The van der Waals surface area contributed by atoms with Crippen LogP contribution in [0.3, 0.4) is 0 Å². The van der Waals surface area contributed by atoms with Gasteiger partial charge in [0, 0.05) is 26.3 Å². The molecule has 0 aliphatic heterocycles. The number of rotatable bonds is 6. The number of benzene rings is 1. The fraction of sp³-hybridized carbons (Fsp3) is 0.467. The summed E-state index contributed by atoms with van der Waals surface area (Å²) in [5.41, 5.74) is 9.35. The topological polar surface area (TPSA) is 90.9 Å². The summed E-state index contributed by atoms with van der Waals surface area (Å²) in [5.74, 6) is 0.490. The van der Waals surface area contributed by atoms with Crippen LogP contribution < -0.4 is 11.4 Å². The first kappa shape index (κ1) is 14.6. The van der Waals surface area contributed by atoms with E-state index in [4.69, 9.17) is 10.5 Å². The van der Waals surface area contributed by atoms with Gasteiger partial charge in [0.25, 0.3) is 0 Å². The zero-order chi connectivity index (χ0) is 15.7. The first-order valence-electron chi connectivity index (χ1n) is 7.61. The van der Waals surface area contributed by atoms with E-state index in [0.717, 1.165) is 35.0 Å². The number of nitrogens with two attached hydrogens (primary N) is 1. The highest BCUT2D eigenvalue weighted by Gasteiger charge is 2.12. The van der Waals surface area contributed by atoms with Crippen molar-refractivity contribution in [1.82, 2.24) is 19.1 Å². The average Bonchev–Trinajstić information content (AvgIpc) is 2.96. The maximum atomic E-state index is 11.9. The molecule has 0 fully saturated rings. The van der Waals surface area contributed by atoms with Crippen LogP contribution in [0.5, 0.6) is 0 Å². The number of imidazole rings is 2. The largest absolute Gasteiger partial charge is 0.382 e. The maximum Gasteiger partial charge on any atom is 0.326 e. The van der Waals surface area contributed by atoms with Crippen LogP contribution >= 0.6 is 0 Å². The molecule has 0 unspecified atom stereocenters. The Hall–Kier alpha value is -2.28. The van der Waals surface area contributed by atoms with Crippen LogP contribution in [0, 0.1) is 0 Å². The highest BCUT2D eigenvalue weighted by atomic mass is 16.5. The van der Waals surface area contributed by atoms with Crippen LogP contribution in [0.1, 0.15) is 20.3 Å². The van der Waals surface area contributed by atoms with E-state index in [1.54, 1.807) is 4.57 Å². The third kappa shape index (κ3) is 2.37. The number of aryl methyl sites for hydroxylation is 2. The molecule has 0 radical (unpaired) electrons. The molecule has 0 spiro atoms. The lowest BCUT2D eigenvalue weighted by molar-refractivity contribution is 0.142. The molecule has 118 valence electrons. The molecule has 0 saturated carbocycles. The van der Waals surface area contributed by atoms with Gasteiger partial charge >= 0.3 is 5.69 Å². The lowest BCUT2D eigenvalue weighted by Gasteiger charge is -2.07. The molecule has 0 amide bonds. The van der Waals surface area contributed by atoms with Crippen molar-refractivity contribution in [2.75, 3.05) is 18.9 Å². The number of aromatic amines is 1. The maximum absolute atomic E-state index is 11.9. The van der Waals surface area contributed by atoms with E-state index in [9.17, 15) is 4.79 Å². The lowest BCUT2D eigenvalue weighted by atomic mass is 10.2. The third-order valence-corrected chi connectivity index (χ3v) is 3.86. The molecule has 0 aliphatic carbocycles. The second kappa shape index (κ2) is 5.84. The Kier molecular flexibility index (Phi) is 3.89. The summed E-state index contributed by atoms with van der Waals surface area (Å²) in [6.07, 6.45) is 0.870. The Morgan fingerprint density at radius 3 is 2.82 bits per heavy atom. The number of nitrogens with zero attached hydrogens (tertiary/aromatic N) is 3. The summed E-state index contributed by atoms with van der Waals surface area (Å²) >= 11 is 0. The SMILES string of the molecule is CCOCCCn1c(N)nc2cc3[nH]c(=O)n(CC)c3cc21. The Balaban J connectivity index is 2.06. The molecule has 1 aromatic carbocycles. The van der Waals surface area contributed by atoms with Gasteiger partial charge < -0.3 is 20.0 Å². The Bertz CT molecular complexity index is 858. The predicted octanol–water partition coefficient (Wildman–Crippen LogP) is 1.71. The minimum absolute atomic E-state index is 0.0963. The fourth-order valence-electron chi connectivity index (χ4n) is 2.81. The highest BCUT2D eigenvalue weighted by Crippen LogP contribution is 2.23. The van der Waals surface area contributed by atoms with Crippen molar-refractivity contribution in [3.8, 4) is 0 Å². The van der Waals surface area contributed by atoms with E-state index in [-0.39, 0.29) is 5.69 Å². The Morgan fingerprint density at radius 1 is 1.27 bits per heavy atom. The summed E-state index contributed by atoms with van der Waals surface area (Å²) < 4.78 is 9.06. The predicted molar refractivity (Wildman–Crippen MR) is 87.0 cm³/mol. The zero-order valence-corrected chi connectivity index (χ0v) is 12.9. The van der Waals surface area contributed by atoms with Crippen LogP contribution in [0.15, 0.2) is 16.9 Å². The second-order valence-corrected chi connectivity index (χ2v) is 5.20. The summed E-state index contributed by atoms with van der Waals surface area (Å²) in [6.45, 7) is 6.71. The number of hydrogen-bond acceptors (Lipinski definition) is 4. The lowest BCUT2D eigenvalue weighted by Crippen LogP contribution is -2.15. The summed E-state index contributed by atoms with van der Waals surface area (Å²) in [4.78, 5) is 19.2. The molecule has 7 nitrogen and oxygen atoms in total. The Morgan fingerprint density at radius 2 is 2.09 bits per heavy atom. The molecule has 7 heteroatoms. The number of H-pyrrole nitrogens is 1. The number of aromatic nitrogens is 4. The van der Waals surface area contributed by atoms with Gasteiger partial charge in [0.15, 0.2) is 0 Å². The number of ether oxygens (including phenoxy) is 1. The normalized spacial score (nSPS) is 11.7. The molecule has 3 aromatic rings. The van der Waals surface area contributed by atoms with Gasteiger partial charge in [0.05, 0.1) is 22.1 Å². The van der Waals surface area contributed by atoms with Crippen molar-refractivity contribution in [2.24, 2.45) is 0 Å². The monoisotopic (exact) mass is 303 g/mol. The Labute approximate surface area is 127 Å². The van der Waals surface area contributed by atoms with Crippen LogP contribution in [0.2, 0.25) is 0 Å².